The molecule has 0 spiro atoms. The van der Waals surface area contributed by atoms with Crippen LogP contribution in [0.4, 0.5) is 17.1 Å². The second-order valence-corrected chi connectivity index (χ2v) is 13.3. The smallest absolute Gasteiger partial charge is 0.0607 e. The summed E-state index contributed by atoms with van der Waals surface area (Å²) in [6.45, 7) is 0.709. The Morgan fingerprint density at radius 2 is 1.06 bits per heavy atom. The molecular formula is C45H32N2S. The van der Waals surface area contributed by atoms with E-state index in [1.54, 1.807) is 0 Å². The van der Waals surface area contributed by atoms with Crippen LogP contribution in [-0.2, 0) is 0 Å². The van der Waals surface area contributed by atoms with Gasteiger partial charge in [0.1, 0.15) is 0 Å². The zero-order valence-corrected chi connectivity index (χ0v) is 27.1. The molecule has 8 aromatic rings. The minimum atomic E-state index is 0.709. The lowest BCUT2D eigenvalue weighted by atomic mass is 9.96. The molecule has 228 valence electrons. The molecule has 0 saturated carbocycles. The summed E-state index contributed by atoms with van der Waals surface area (Å²) >= 11 is 1.86. The first-order chi connectivity index (χ1) is 23.8. The van der Waals surface area contributed by atoms with Crippen LogP contribution in [0.2, 0.25) is 0 Å². The molecule has 0 fully saturated rings. The highest BCUT2D eigenvalue weighted by atomic mass is 32.1. The Balaban J connectivity index is 1.23. The Labute approximate surface area is 284 Å². The number of hydrogen-bond acceptors (Lipinski definition) is 3. The summed E-state index contributed by atoms with van der Waals surface area (Å²) in [5.74, 6) is 0. The van der Waals surface area contributed by atoms with Gasteiger partial charge >= 0.3 is 0 Å². The van der Waals surface area contributed by atoms with Crippen molar-refractivity contribution in [2.45, 2.75) is 0 Å². The van der Waals surface area contributed by atoms with E-state index in [-0.39, 0.29) is 0 Å². The first-order valence-corrected chi connectivity index (χ1v) is 17.2. The van der Waals surface area contributed by atoms with Gasteiger partial charge in [-0.1, -0.05) is 133 Å². The number of fused-ring (bicyclic) bond motifs is 4. The maximum Gasteiger partial charge on any atom is 0.0607 e. The molecule has 9 rings (SSSR count). The third kappa shape index (κ3) is 5.15. The summed E-state index contributed by atoms with van der Waals surface area (Å²) in [6, 6.07) is 61.2. The Morgan fingerprint density at radius 1 is 0.500 bits per heavy atom. The van der Waals surface area contributed by atoms with Crippen LogP contribution in [0.5, 0.6) is 0 Å². The minimum absolute atomic E-state index is 0.709. The van der Waals surface area contributed by atoms with Crippen LogP contribution in [-0.4, -0.2) is 6.54 Å². The van der Waals surface area contributed by atoms with Gasteiger partial charge in [-0.05, 0) is 81.1 Å². The summed E-state index contributed by atoms with van der Waals surface area (Å²) in [6.07, 6.45) is 2.39. The van der Waals surface area contributed by atoms with E-state index in [1.807, 2.05) is 11.3 Å². The Morgan fingerprint density at radius 3 is 1.75 bits per heavy atom. The molecule has 2 nitrogen and oxygen atoms in total. The van der Waals surface area contributed by atoms with Gasteiger partial charge in [0.05, 0.1) is 22.8 Å². The molecule has 0 saturated heterocycles. The lowest BCUT2D eigenvalue weighted by Crippen LogP contribution is -2.25. The van der Waals surface area contributed by atoms with E-state index in [0.29, 0.717) is 6.54 Å². The minimum Gasteiger partial charge on any atom is -0.378 e. The first kappa shape index (κ1) is 28.3. The average Bonchev–Trinajstić information content (AvgIpc) is 3.52. The summed E-state index contributed by atoms with van der Waals surface area (Å²) in [4.78, 5) is 3.71. The third-order valence-electron chi connectivity index (χ3n) is 9.28. The van der Waals surface area contributed by atoms with Crippen molar-refractivity contribution in [2.75, 3.05) is 16.8 Å². The highest BCUT2D eigenvalue weighted by Gasteiger charge is 2.24. The summed E-state index contributed by atoms with van der Waals surface area (Å²) in [5.41, 5.74) is 11.9. The summed E-state index contributed by atoms with van der Waals surface area (Å²) in [7, 11) is 0. The van der Waals surface area contributed by atoms with E-state index in [0.717, 1.165) is 11.4 Å². The van der Waals surface area contributed by atoms with Crippen LogP contribution < -0.4 is 10.2 Å². The molecule has 3 heteroatoms. The molecule has 0 atom stereocenters. The van der Waals surface area contributed by atoms with Crippen molar-refractivity contribution in [3.8, 4) is 33.4 Å². The third-order valence-corrected chi connectivity index (χ3v) is 10.4. The van der Waals surface area contributed by atoms with Crippen LogP contribution in [0.3, 0.4) is 0 Å². The van der Waals surface area contributed by atoms with Gasteiger partial charge in [0, 0.05) is 27.0 Å². The van der Waals surface area contributed by atoms with Crippen LogP contribution in [0, 0.1) is 0 Å². The maximum atomic E-state index is 3.85. The van der Waals surface area contributed by atoms with Crippen molar-refractivity contribution < 1.29 is 0 Å². The molecule has 48 heavy (non-hydrogen) atoms. The van der Waals surface area contributed by atoms with Crippen LogP contribution in [0.15, 0.2) is 176 Å². The number of hydrogen-bond donors (Lipinski definition) is 1. The molecule has 0 aliphatic carbocycles. The molecule has 0 bridgehead atoms. The molecule has 0 unspecified atom stereocenters. The first-order valence-electron chi connectivity index (χ1n) is 16.4. The fourth-order valence-corrected chi connectivity index (χ4v) is 8.07. The van der Waals surface area contributed by atoms with Crippen molar-refractivity contribution in [3.05, 3.63) is 180 Å². The lowest BCUT2D eigenvalue weighted by molar-refractivity contribution is 1.09. The lowest BCUT2D eigenvalue weighted by Gasteiger charge is -2.32. The Hall–Kier alpha value is -5.90. The monoisotopic (exact) mass is 632 g/mol. The number of thiophene rings is 1. The Kier molecular flexibility index (Phi) is 7.10. The molecular weight excluding hydrogens is 601 g/mol. The molecule has 7 aromatic carbocycles. The average molecular weight is 633 g/mol. The number of anilines is 3. The largest absolute Gasteiger partial charge is 0.378 e. The van der Waals surface area contributed by atoms with Gasteiger partial charge in [-0.25, -0.2) is 0 Å². The van der Waals surface area contributed by atoms with Gasteiger partial charge in [0.25, 0.3) is 0 Å². The molecule has 1 aliphatic heterocycles. The SMILES string of the molecule is C1=C(N(c2ccc(-c3ccccc3)cc2)c2ccc(-c3ccccc3)cc2-c2ccccc2)CNc2c1sc1cc3ccccc3cc21. The Bertz CT molecular complexity index is 2430. The van der Waals surface area contributed by atoms with Gasteiger partial charge < -0.3 is 10.2 Å². The van der Waals surface area contributed by atoms with Crippen molar-refractivity contribution in [2.24, 2.45) is 0 Å². The van der Waals surface area contributed by atoms with E-state index in [1.165, 1.54) is 70.5 Å². The molecule has 1 aromatic heterocycles. The number of rotatable bonds is 6. The molecule has 1 N–H and O–H groups in total. The number of benzene rings is 7. The molecule has 1 aliphatic rings. The van der Waals surface area contributed by atoms with Crippen molar-refractivity contribution in [3.63, 3.8) is 0 Å². The summed E-state index contributed by atoms with van der Waals surface area (Å²) in [5, 5.41) is 7.69. The van der Waals surface area contributed by atoms with E-state index < -0.39 is 0 Å². The fourth-order valence-electron chi connectivity index (χ4n) is 6.89. The van der Waals surface area contributed by atoms with Gasteiger partial charge in [-0.3, -0.25) is 0 Å². The molecule has 2 heterocycles. The van der Waals surface area contributed by atoms with Crippen LogP contribution in [0.1, 0.15) is 4.88 Å². The van der Waals surface area contributed by atoms with E-state index in [9.17, 15) is 0 Å². The van der Waals surface area contributed by atoms with E-state index in [4.69, 9.17) is 0 Å². The van der Waals surface area contributed by atoms with Gasteiger partial charge in [0.2, 0.25) is 0 Å². The highest BCUT2D eigenvalue weighted by molar-refractivity contribution is 7.20. The highest BCUT2D eigenvalue weighted by Crippen LogP contribution is 2.45. The molecule has 0 amide bonds. The predicted octanol–water partition coefficient (Wildman–Crippen LogP) is 12.7. The van der Waals surface area contributed by atoms with Crippen molar-refractivity contribution in [1.82, 2.24) is 0 Å². The zero-order chi connectivity index (χ0) is 31.9. The van der Waals surface area contributed by atoms with Crippen LogP contribution >= 0.6 is 11.3 Å². The van der Waals surface area contributed by atoms with Gasteiger partial charge in [-0.2, -0.15) is 0 Å². The zero-order valence-electron chi connectivity index (χ0n) is 26.3. The standard InChI is InChI=1S/C45H32N2S/c1-4-12-31(13-5-1)33-20-23-38(24-21-33)47(39-29-44-45(46-30-39)41-27-35-18-10-11-19-36(35)28-43(41)48-44)42-25-22-37(32-14-6-2-7-15-32)26-40(42)34-16-8-3-9-17-34/h1-29,46H,30H2. The topological polar surface area (TPSA) is 15.3 Å². The number of nitrogens with one attached hydrogen (secondary N) is 1. The second kappa shape index (κ2) is 12.0. The summed E-state index contributed by atoms with van der Waals surface area (Å²) < 4.78 is 1.31. The quantitative estimate of drug-likeness (QED) is 0.196. The van der Waals surface area contributed by atoms with Crippen molar-refractivity contribution >= 4 is 55.3 Å². The second-order valence-electron chi connectivity index (χ2n) is 12.2. The molecule has 0 radical (unpaired) electrons. The fraction of sp³-hybridized carbons (Fsp3) is 0.0222. The normalized spacial score (nSPS) is 12.4. The van der Waals surface area contributed by atoms with Crippen molar-refractivity contribution in [1.29, 1.82) is 0 Å². The van der Waals surface area contributed by atoms with Gasteiger partial charge in [-0.15, -0.1) is 11.3 Å². The van der Waals surface area contributed by atoms with E-state index >= 15 is 0 Å². The number of nitrogens with zero attached hydrogens (tertiary/aromatic N) is 1. The van der Waals surface area contributed by atoms with E-state index in [2.05, 4.69) is 186 Å². The predicted molar refractivity (Wildman–Crippen MR) is 207 cm³/mol. The maximum absolute atomic E-state index is 3.85. The van der Waals surface area contributed by atoms with Crippen LogP contribution in [0.25, 0.3) is 60.3 Å². The van der Waals surface area contributed by atoms with Gasteiger partial charge in [0.15, 0.2) is 0 Å².